The molecule has 19 heavy (non-hydrogen) atoms. The first kappa shape index (κ1) is 13.2. The molecule has 0 radical (unpaired) electrons. The van der Waals surface area contributed by atoms with Crippen LogP contribution < -0.4 is 0 Å². The second-order valence-corrected chi connectivity index (χ2v) is 4.51. The zero-order chi connectivity index (χ0) is 13.8. The maximum atomic E-state index is 12.3. The van der Waals surface area contributed by atoms with Crippen molar-refractivity contribution < 1.29 is 14.7 Å². The third kappa shape index (κ3) is 2.77. The van der Waals surface area contributed by atoms with Crippen molar-refractivity contribution >= 4 is 11.9 Å². The van der Waals surface area contributed by atoms with Gasteiger partial charge in [-0.05, 0) is 42.9 Å². The standard InChI is InChI=1S/C12H14N4O3/c13-15-14-9-6-5-8-3-1-2-4-10(8)16(12(9)19)7-11(17)18/h2,4,9H,1,3,5-7H2,(H,17,18). The number of carbonyl (C=O) groups excluding carboxylic acids is 1. The lowest BCUT2D eigenvalue weighted by Crippen LogP contribution is -2.39. The number of carboxylic acids is 1. The van der Waals surface area contributed by atoms with Crippen LogP contribution in [0, 0.1) is 0 Å². The van der Waals surface area contributed by atoms with Gasteiger partial charge in [0.2, 0.25) is 5.91 Å². The topological polar surface area (TPSA) is 106 Å². The highest BCUT2D eigenvalue weighted by Crippen LogP contribution is 2.30. The molecule has 0 bridgehead atoms. The molecule has 1 heterocycles. The summed E-state index contributed by atoms with van der Waals surface area (Å²) in [5.41, 5.74) is 10.2. The fourth-order valence-electron chi connectivity index (χ4n) is 2.43. The second-order valence-electron chi connectivity index (χ2n) is 4.51. The van der Waals surface area contributed by atoms with Gasteiger partial charge >= 0.3 is 5.97 Å². The van der Waals surface area contributed by atoms with E-state index >= 15 is 0 Å². The van der Waals surface area contributed by atoms with Crippen LogP contribution in [0.3, 0.4) is 0 Å². The average molecular weight is 262 g/mol. The first-order valence-electron chi connectivity index (χ1n) is 6.09. The Bertz CT molecular complexity index is 517. The predicted molar refractivity (Wildman–Crippen MR) is 66.9 cm³/mol. The molecule has 0 saturated carbocycles. The third-order valence-corrected chi connectivity index (χ3v) is 3.30. The maximum Gasteiger partial charge on any atom is 0.323 e. The molecule has 0 aromatic carbocycles. The molecule has 2 rings (SSSR count). The lowest BCUT2D eigenvalue weighted by Gasteiger charge is -2.25. The van der Waals surface area contributed by atoms with E-state index in [9.17, 15) is 9.59 Å². The van der Waals surface area contributed by atoms with Crippen LogP contribution in [0.15, 0.2) is 28.5 Å². The van der Waals surface area contributed by atoms with Gasteiger partial charge in [0.1, 0.15) is 12.6 Å². The number of aliphatic carboxylic acids is 1. The first-order valence-corrected chi connectivity index (χ1v) is 6.09. The maximum absolute atomic E-state index is 12.3. The zero-order valence-electron chi connectivity index (χ0n) is 10.3. The fraction of sp³-hybridized carbons (Fsp3) is 0.500. The molecule has 7 nitrogen and oxygen atoms in total. The van der Waals surface area contributed by atoms with E-state index < -0.39 is 24.5 Å². The molecular formula is C12H14N4O3. The fourth-order valence-corrected chi connectivity index (χ4v) is 2.43. The largest absolute Gasteiger partial charge is 0.480 e. The van der Waals surface area contributed by atoms with Crippen LogP contribution >= 0.6 is 0 Å². The summed E-state index contributed by atoms with van der Waals surface area (Å²) in [7, 11) is 0. The van der Waals surface area contributed by atoms with Crippen molar-refractivity contribution in [2.24, 2.45) is 5.11 Å². The summed E-state index contributed by atoms with van der Waals surface area (Å²) < 4.78 is 0. The number of amides is 1. The molecule has 1 amide bonds. The van der Waals surface area contributed by atoms with E-state index in [1.165, 1.54) is 4.90 Å². The summed E-state index contributed by atoms with van der Waals surface area (Å²) in [5, 5.41) is 12.4. The van der Waals surface area contributed by atoms with Gasteiger partial charge in [0.05, 0.1) is 0 Å². The van der Waals surface area contributed by atoms with Crippen LogP contribution in [-0.4, -0.2) is 34.5 Å². The molecule has 1 aliphatic carbocycles. The van der Waals surface area contributed by atoms with Gasteiger partial charge in [-0.15, -0.1) is 0 Å². The van der Waals surface area contributed by atoms with Crippen molar-refractivity contribution in [2.45, 2.75) is 31.7 Å². The first-order chi connectivity index (χ1) is 9.13. The number of rotatable bonds is 3. The Labute approximate surface area is 109 Å². The molecule has 2 aliphatic rings. The Morgan fingerprint density at radius 1 is 1.58 bits per heavy atom. The Morgan fingerprint density at radius 2 is 2.37 bits per heavy atom. The molecule has 1 aliphatic heterocycles. The van der Waals surface area contributed by atoms with Gasteiger partial charge in [-0.2, -0.15) is 0 Å². The Morgan fingerprint density at radius 3 is 3.05 bits per heavy atom. The average Bonchev–Trinajstić information content (AvgIpc) is 2.51. The van der Waals surface area contributed by atoms with Gasteiger partial charge in [-0.1, -0.05) is 11.2 Å². The van der Waals surface area contributed by atoms with E-state index in [1.54, 1.807) is 6.08 Å². The summed E-state index contributed by atoms with van der Waals surface area (Å²) >= 11 is 0. The van der Waals surface area contributed by atoms with E-state index in [-0.39, 0.29) is 0 Å². The van der Waals surface area contributed by atoms with E-state index in [0.29, 0.717) is 18.5 Å². The summed E-state index contributed by atoms with van der Waals surface area (Å²) in [6.07, 6.45) is 6.52. The van der Waals surface area contributed by atoms with Crippen LogP contribution in [-0.2, 0) is 9.59 Å². The molecule has 0 aromatic rings. The molecule has 7 heteroatoms. The third-order valence-electron chi connectivity index (χ3n) is 3.30. The van der Waals surface area contributed by atoms with E-state index in [2.05, 4.69) is 10.0 Å². The summed E-state index contributed by atoms with van der Waals surface area (Å²) in [4.78, 5) is 27.1. The molecule has 100 valence electrons. The van der Waals surface area contributed by atoms with E-state index in [0.717, 1.165) is 18.4 Å². The van der Waals surface area contributed by atoms with Crippen molar-refractivity contribution in [3.8, 4) is 0 Å². The van der Waals surface area contributed by atoms with Crippen LogP contribution in [0.25, 0.3) is 10.4 Å². The lowest BCUT2D eigenvalue weighted by atomic mass is 9.97. The normalized spacial score (nSPS) is 22.6. The molecular weight excluding hydrogens is 248 g/mol. The van der Waals surface area contributed by atoms with Crippen molar-refractivity contribution in [2.75, 3.05) is 6.54 Å². The molecule has 0 saturated heterocycles. The highest BCUT2D eigenvalue weighted by molar-refractivity contribution is 5.88. The minimum absolute atomic E-state index is 0.403. The molecule has 0 aromatic heterocycles. The Balaban J connectivity index is 2.38. The van der Waals surface area contributed by atoms with Crippen LogP contribution in [0.2, 0.25) is 0 Å². The minimum Gasteiger partial charge on any atom is -0.480 e. The number of azide groups is 1. The monoisotopic (exact) mass is 262 g/mol. The molecule has 0 spiro atoms. The van der Waals surface area contributed by atoms with E-state index in [1.807, 2.05) is 6.08 Å². The quantitative estimate of drug-likeness (QED) is 0.477. The van der Waals surface area contributed by atoms with Crippen molar-refractivity contribution in [1.29, 1.82) is 0 Å². The summed E-state index contributed by atoms with van der Waals surface area (Å²) in [5.74, 6) is -1.52. The number of hydrogen-bond acceptors (Lipinski definition) is 3. The molecule has 1 N–H and O–H groups in total. The number of carbonyl (C=O) groups is 2. The van der Waals surface area contributed by atoms with Gasteiger partial charge in [-0.3, -0.25) is 9.59 Å². The molecule has 1 unspecified atom stereocenters. The smallest absolute Gasteiger partial charge is 0.323 e. The van der Waals surface area contributed by atoms with Crippen LogP contribution in [0.5, 0.6) is 0 Å². The highest BCUT2D eigenvalue weighted by Gasteiger charge is 2.32. The second kappa shape index (κ2) is 5.58. The lowest BCUT2D eigenvalue weighted by molar-refractivity contribution is -0.143. The van der Waals surface area contributed by atoms with Gasteiger partial charge in [0.25, 0.3) is 0 Å². The number of nitrogens with zero attached hydrogens (tertiary/aromatic N) is 4. The highest BCUT2D eigenvalue weighted by atomic mass is 16.4. The summed E-state index contributed by atoms with van der Waals surface area (Å²) in [6.45, 7) is -0.403. The molecule has 1 atom stereocenters. The van der Waals surface area contributed by atoms with E-state index in [4.69, 9.17) is 10.6 Å². The minimum atomic E-state index is -1.08. The Hall–Kier alpha value is -2.27. The molecule has 0 fully saturated rings. The number of hydrogen-bond donors (Lipinski definition) is 1. The number of carboxylic acid groups (broad SMARTS) is 1. The van der Waals surface area contributed by atoms with Crippen molar-refractivity contribution in [1.82, 2.24) is 4.90 Å². The SMILES string of the molecule is [N-]=[N+]=NC1CCC2=C(C=CCC2)N(CC(=O)O)C1=O. The van der Waals surface area contributed by atoms with Gasteiger partial charge < -0.3 is 10.0 Å². The van der Waals surface area contributed by atoms with Crippen molar-refractivity contribution in [3.05, 3.63) is 33.9 Å². The van der Waals surface area contributed by atoms with Crippen molar-refractivity contribution in [3.63, 3.8) is 0 Å². The Kier molecular flexibility index (Phi) is 3.87. The number of allylic oxidation sites excluding steroid dienone is 3. The summed E-state index contributed by atoms with van der Waals surface area (Å²) in [6, 6.07) is -0.816. The van der Waals surface area contributed by atoms with Gasteiger partial charge in [0, 0.05) is 10.6 Å². The van der Waals surface area contributed by atoms with Crippen LogP contribution in [0.4, 0.5) is 0 Å². The van der Waals surface area contributed by atoms with Crippen LogP contribution in [0.1, 0.15) is 25.7 Å². The predicted octanol–water partition coefficient (Wildman–Crippen LogP) is 1.98. The van der Waals surface area contributed by atoms with Gasteiger partial charge in [-0.25, -0.2) is 0 Å². The zero-order valence-corrected chi connectivity index (χ0v) is 10.3. The van der Waals surface area contributed by atoms with Gasteiger partial charge in [0.15, 0.2) is 0 Å².